The Kier molecular flexibility index (Phi) is 6.23. The Morgan fingerprint density at radius 2 is 2.06 bits per heavy atom. The summed E-state index contributed by atoms with van der Waals surface area (Å²) in [6.45, 7) is -0.416. The van der Waals surface area contributed by atoms with Crippen LogP contribution in [0, 0.1) is 5.82 Å². The normalized spacial score (nSPS) is 15.3. The van der Waals surface area contributed by atoms with E-state index in [1.165, 1.54) is 12.1 Å². The monoisotopic (exact) mass is 460 g/mol. The number of carbonyl (C=O) groups excluding carboxylic acids is 1. The third-order valence-corrected chi connectivity index (χ3v) is 5.84. The van der Waals surface area contributed by atoms with E-state index in [0.717, 1.165) is 11.3 Å². The molecule has 0 saturated heterocycles. The van der Waals surface area contributed by atoms with Crippen molar-refractivity contribution < 1.29 is 28.6 Å². The summed E-state index contributed by atoms with van der Waals surface area (Å²) >= 11 is 6.26. The molecule has 1 aliphatic rings. The molecule has 0 bridgehead atoms. The molecule has 1 atom stereocenters. The summed E-state index contributed by atoms with van der Waals surface area (Å²) in [6.07, 6.45) is 1.61. The number of rotatable bonds is 7. The molecule has 3 aromatic rings. The fourth-order valence-electron chi connectivity index (χ4n) is 4.24. The highest BCUT2D eigenvalue weighted by Crippen LogP contribution is 2.36. The molecular weight excluding hydrogens is 439 g/mol. The number of carbonyl (C=O) groups is 2. The van der Waals surface area contributed by atoms with Crippen molar-refractivity contribution in [2.24, 2.45) is 0 Å². The van der Waals surface area contributed by atoms with E-state index in [4.69, 9.17) is 21.1 Å². The second kappa shape index (κ2) is 9.08. The average molecular weight is 461 g/mol. The number of nitrogens with one attached hydrogen (secondary N) is 1. The molecule has 7 nitrogen and oxygen atoms in total. The second-order valence-electron chi connectivity index (χ2n) is 7.66. The van der Waals surface area contributed by atoms with E-state index in [0.29, 0.717) is 41.7 Å². The summed E-state index contributed by atoms with van der Waals surface area (Å²) in [7, 11) is 1.55. The van der Waals surface area contributed by atoms with Gasteiger partial charge in [0.25, 0.3) is 5.91 Å². The van der Waals surface area contributed by atoms with Crippen LogP contribution in [0.1, 0.15) is 17.7 Å². The number of amides is 1. The van der Waals surface area contributed by atoms with Gasteiger partial charge in [-0.1, -0.05) is 17.7 Å². The first-order valence-electron chi connectivity index (χ1n) is 10.1. The molecular formula is C23H22ClFN2O5. The molecule has 32 heavy (non-hydrogen) atoms. The fourth-order valence-corrected chi connectivity index (χ4v) is 4.55. The summed E-state index contributed by atoms with van der Waals surface area (Å²) in [6, 6.07) is 9.34. The van der Waals surface area contributed by atoms with Gasteiger partial charge in [0.1, 0.15) is 23.9 Å². The van der Waals surface area contributed by atoms with Crippen LogP contribution in [0.25, 0.3) is 10.9 Å². The number of carboxylic acids is 1. The number of carboxylic acid groups (broad SMARTS) is 1. The minimum absolute atomic E-state index is 0.155. The first-order chi connectivity index (χ1) is 15.4. The summed E-state index contributed by atoms with van der Waals surface area (Å²) in [5, 5.41) is 13.0. The van der Waals surface area contributed by atoms with E-state index in [1.54, 1.807) is 35.9 Å². The van der Waals surface area contributed by atoms with Gasteiger partial charge in [0.2, 0.25) is 0 Å². The zero-order chi connectivity index (χ0) is 22.8. The molecule has 9 heteroatoms. The maximum atomic E-state index is 14.1. The first kappa shape index (κ1) is 22.0. The van der Waals surface area contributed by atoms with Gasteiger partial charge >= 0.3 is 5.97 Å². The Labute approximate surface area is 188 Å². The molecule has 168 valence electrons. The van der Waals surface area contributed by atoms with Crippen molar-refractivity contribution >= 4 is 34.4 Å². The number of aliphatic carboxylic acids is 1. The number of methoxy groups -OCH3 is 1. The molecule has 0 radical (unpaired) electrons. The van der Waals surface area contributed by atoms with Crippen molar-refractivity contribution in [3.63, 3.8) is 0 Å². The Balaban J connectivity index is 1.50. The average Bonchev–Trinajstić information content (AvgIpc) is 3.05. The SMILES string of the molecule is COc1cccc(OCC(=O)N[C@@H]2CCc3c(c4cc(F)cc(Cl)c4n3CC(=O)O)C2)c1. The lowest BCUT2D eigenvalue weighted by Crippen LogP contribution is -2.41. The van der Waals surface area contributed by atoms with Crippen molar-refractivity contribution in [1.82, 2.24) is 9.88 Å². The predicted molar refractivity (Wildman–Crippen MR) is 117 cm³/mol. The minimum atomic E-state index is -1.00. The molecule has 4 rings (SSSR count). The van der Waals surface area contributed by atoms with Gasteiger partial charge in [0.15, 0.2) is 6.61 Å². The number of halogens is 2. The van der Waals surface area contributed by atoms with Crippen molar-refractivity contribution in [3.8, 4) is 11.5 Å². The maximum Gasteiger partial charge on any atom is 0.323 e. The molecule has 0 fully saturated rings. The van der Waals surface area contributed by atoms with Crippen LogP contribution >= 0.6 is 11.6 Å². The maximum absolute atomic E-state index is 14.1. The number of nitrogens with zero attached hydrogens (tertiary/aromatic N) is 1. The largest absolute Gasteiger partial charge is 0.497 e. The van der Waals surface area contributed by atoms with Gasteiger partial charge in [-0.2, -0.15) is 0 Å². The Morgan fingerprint density at radius 1 is 1.28 bits per heavy atom. The van der Waals surface area contributed by atoms with Gasteiger partial charge in [-0.25, -0.2) is 4.39 Å². The molecule has 2 N–H and O–H groups in total. The first-order valence-corrected chi connectivity index (χ1v) is 10.5. The summed E-state index contributed by atoms with van der Waals surface area (Å²) in [4.78, 5) is 23.8. The number of hydrogen-bond donors (Lipinski definition) is 2. The molecule has 0 saturated carbocycles. The third kappa shape index (κ3) is 4.50. The molecule has 0 aliphatic heterocycles. The molecule has 0 spiro atoms. The van der Waals surface area contributed by atoms with Crippen molar-refractivity contribution in [3.05, 3.63) is 58.5 Å². The van der Waals surface area contributed by atoms with E-state index in [9.17, 15) is 19.1 Å². The van der Waals surface area contributed by atoms with E-state index in [-0.39, 0.29) is 30.1 Å². The van der Waals surface area contributed by atoms with Crippen LogP contribution in [0.3, 0.4) is 0 Å². The molecule has 1 aromatic heterocycles. The number of hydrogen-bond acceptors (Lipinski definition) is 4. The molecule has 2 aromatic carbocycles. The van der Waals surface area contributed by atoms with Crippen molar-refractivity contribution in [1.29, 1.82) is 0 Å². The van der Waals surface area contributed by atoms with Gasteiger partial charge in [0, 0.05) is 23.2 Å². The summed E-state index contributed by atoms with van der Waals surface area (Å²) in [5.74, 6) is -0.621. The van der Waals surface area contributed by atoms with Crippen LogP contribution < -0.4 is 14.8 Å². The van der Waals surface area contributed by atoms with Crippen molar-refractivity contribution in [2.45, 2.75) is 31.8 Å². The Hall–Kier alpha value is -3.26. The van der Waals surface area contributed by atoms with Crippen LogP contribution in [-0.2, 0) is 29.0 Å². The number of ether oxygens (including phenoxy) is 2. The van der Waals surface area contributed by atoms with Gasteiger partial charge in [0.05, 0.1) is 17.6 Å². The van der Waals surface area contributed by atoms with E-state index >= 15 is 0 Å². The lowest BCUT2D eigenvalue weighted by Gasteiger charge is -2.25. The lowest BCUT2D eigenvalue weighted by atomic mass is 9.91. The number of aromatic nitrogens is 1. The molecule has 0 unspecified atom stereocenters. The predicted octanol–water partition coefficient (Wildman–Crippen LogP) is 3.58. The summed E-state index contributed by atoms with van der Waals surface area (Å²) < 4.78 is 26.4. The zero-order valence-corrected chi connectivity index (χ0v) is 18.1. The van der Waals surface area contributed by atoms with Crippen LogP contribution in [0.2, 0.25) is 5.02 Å². The topological polar surface area (TPSA) is 89.8 Å². The van der Waals surface area contributed by atoms with Gasteiger partial charge < -0.3 is 24.5 Å². The number of fused-ring (bicyclic) bond motifs is 3. The van der Waals surface area contributed by atoms with E-state index < -0.39 is 11.8 Å². The standard InChI is InChI=1S/C23H22ClFN2O5/c1-31-15-3-2-4-16(10-15)32-12-21(28)26-14-5-6-20-17(9-14)18-7-13(25)8-19(24)23(18)27(20)11-22(29)30/h2-4,7-8,10,14H,5-6,9,11-12H2,1H3,(H,26,28)(H,29,30)/t14-/m1/s1. The number of benzene rings is 2. The Morgan fingerprint density at radius 3 is 2.81 bits per heavy atom. The van der Waals surface area contributed by atoms with E-state index in [2.05, 4.69) is 5.32 Å². The highest BCUT2D eigenvalue weighted by Gasteiger charge is 2.28. The fraction of sp³-hybridized carbons (Fsp3) is 0.304. The van der Waals surface area contributed by atoms with Gasteiger partial charge in [-0.15, -0.1) is 0 Å². The highest BCUT2D eigenvalue weighted by atomic mass is 35.5. The highest BCUT2D eigenvalue weighted by molar-refractivity contribution is 6.35. The Bertz CT molecular complexity index is 1190. The van der Waals surface area contributed by atoms with E-state index in [1.807, 2.05) is 0 Å². The van der Waals surface area contributed by atoms with Crippen LogP contribution in [-0.4, -0.2) is 41.3 Å². The lowest BCUT2D eigenvalue weighted by molar-refractivity contribution is -0.137. The quantitative estimate of drug-likeness (QED) is 0.562. The molecule has 1 aliphatic carbocycles. The molecule has 1 amide bonds. The van der Waals surface area contributed by atoms with Crippen LogP contribution in [0.15, 0.2) is 36.4 Å². The smallest absolute Gasteiger partial charge is 0.323 e. The van der Waals surface area contributed by atoms with Crippen LogP contribution in [0.4, 0.5) is 4.39 Å². The second-order valence-corrected chi connectivity index (χ2v) is 8.07. The van der Waals surface area contributed by atoms with Crippen LogP contribution in [0.5, 0.6) is 11.5 Å². The zero-order valence-electron chi connectivity index (χ0n) is 17.4. The van der Waals surface area contributed by atoms with Gasteiger partial charge in [-0.05, 0) is 49.1 Å². The summed E-state index contributed by atoms with van der Waals surface area (Å²) in [5.41, 5.74) is 2.13. The molecule has 1 heterocycles. The van der Waals surface area contributed by atoms with Crippen molar-refractivity contribution in [2.75, 3.05) is 13.7 Å². The third-order valence-electron chi connectivity index (χ3n) is 5.55. The van der Waals surface area contributed by atoms with Gasteiger partial charge in [-0.3, -0.25) is 9.59 Å². The minimum Gasteiger partial charge on any atom is -0.497 e.